The molecule has 2 rings (SSSR count). The highest BCUT2D eigenvalue weighted by Gasteiger charge is 2.11. The van der Waals surface area contributed by atoms with E-state index in [2.05, 4.69) is 15.3 Å². The van der Waals surface area contributed by atoms with Gasteiger partial charge in [0.15, 0.2) is 5.78 Å². The van der Waals surface area contributed by atoms with Gasteiger partial charge in [-0.1, -0.05) is 30.3 Å². The Balaban J connectivity index is 1.94. The van der Waals surface area contributed by atoms with E-state index in [1.807, 2.05) is 6.07 Å². The molecular weight excluding hydrogens is 230 g/mol. The van der Waals surface area contributed by atoms with E-state index in [0.29, 0.717) is 11.4 Å². The summed E-state index contributed by atoms with van der Waals surface area (Å²) in [6.45, 7) is 0. The number of benzene rings is 1. The molecule has 0 aliphatic carbocycles. The van der Waals surface area contributed by atoms with Crippen LogP contribution in [0.25, 0.3) is 0 Å². The number of nitrogens with zero attached hydrogens (tertiary/aromatic N) is 2. The molecule has 0 bridgehead atoms. The smallest absolute Gasteiger partial charge is 0.233 e. The van der Waals surface area contributed by atoms with Crippen molar-refractivity contribution in [2.75, 3.05) is 5.32 Å². The quantitative estimate of drug-likeness (QED) is 0.653. The predicted molar refractivity (Wildman–Crippen MR) is 66.1 cm³/mol. The third-order valence-electron chi connectivity index (χ3n) is 2.27. The summed E-state index contributed by atoms with van der Waals surface area (Å²) in [6.07, 6.45) is 2.64. The van der Waals surface area contributed by atoms with E-state index in [9.17, 15) is 9.59 Å². The highest BCUT2D eigenvalue weighted by Crippen LogP contribution is 2.05. The van der Waals surface area contributed by atoms with Crippen LogP contribution in [0, 0.1) is 0 Å². The minimum atomic E-state index is -0.387. The molecule has 1 N–H and O–H groups in total. The van der Waals surface area contributed by atoms with E-state index in [1.54, 1.807) is 30.3 Å². The summed E-state index contributed by atoms with van der Waals surface area (Å²) >= 11 is 0. The first-order chi connectivity index (χ1) is 8.75. The molecular formula is C13H11N3O2. The summed E-state index contributed by atoms with van der Waals surface area (Å²) in [4.78, 5) is 30.9. The average Bonchev–Trinajstić information content (AvgIpc) is 2.40. The maximum Gasteiger partial charge on any atom is 0.233 e. The van der Waals surface area contributed by atoms with Crippen LogP contribution in [-0.4, -0.2) is 21.7 Å². The predicted octanol–water partition coefficient (Wildman–Crippen LogP) is 1.69. The normalized spacial score (nSPS) is 9.78. The first-order valence-electron chi connectivity index (χ1n) is 5.40. The lowest BCUT2D eigenvalue weighted by molar-refractivity contribution is -0.115. The average molecular weight is 241 g/mol. The van der Waals surface area contributed by atoms with Crippen molar-refractivity contribution in [3.05, 3.63) is 54.5 Å². The molecule has 0 unspecified atom stereocenters. The zero-order chi connectivity index (χ0) is 12.8. The monoisotopic (exact) mass is 241 g/mol. The molecule has 1 amide bonds. The molecule has 0 aliphatic rings. The van der Waals surface area contributed by atoms with Crippen LogP contribution in [0.5, 0.6) is 0 Å². The third-order valence-corrected chi connectivity index (χ3v) is 2.27. The molecule has 18 heavy (non-hydrogen) atoms. The van der Waals surface area contributed by atoms with Crippen molar-refractivity contribution in [2.45, 2.75) is 6.42 Å². The Morgan fingerprint density at radius 3 is 2.56 bits per heavy atom. The van der Waals surface area contributed by atoms with Gasteiger partial charge in [0.05, 0.1) is 6.42 Å². The van der Waals surface area contributed by atoms with E-state index in [0.717, 1.165) is 0 Å². The number of aromatic nitrogens is 2. The van der Waals surface area contributed by atoms with Crippen molar-refractivity contribution in [3.8, 4) is 0 Å². The van der Waals surface area contributed by atoms with Crippen LogP contribution in [0.15, 0.2) is 48.9 Å². The Morgan fingerprint density at radius 1 is 1.11 bits per heavy atom. The Labute approximate surface area is 104 Å². The Morgan fingerprint density at radius 2 is 1.89 bits per heavy atom. The highest BCUT2D eigenvalue weighted by molar-refractivity contribution is 6.10. The number of nitrogens with one attached hydrogen (secondary N) is 1. The molecule has 0 fully saturated rings. The van der Waals surface area contributed by atoms with Crippen LogP contribution in [0.4, 0.5) is 5.82 Å². The molecule has 5 heteroatoms. The molecule has 0 spiro atoms. The van der Waals surface area contributed by atoms with Crippen molar-refractivity contribution in [1.82, 2.24) is 9.97 Å². The first kappa shape index (κ1) is 11.9. The van der Waals surface area contributed by atoms with E-state index >= 15 is 0 Å². The molecule has 1 aromatic heterocycles. The van der Waals surface area contributed by atoms with Crippen molar-refractivity contribution in [2.24, 2.45) is 0 Å². The van der Waals surface area contributed by atoms with Crippen LogP contribution in [-0.2, 0) is 4.79 Å². The van der Waals surface area contributed by atoms with Gasteiger partial charge < -0.3 is 5.32 Å². The topological polar surface area (TPSA) is 72.0 Å². The molecule has 0 saturated heterocycles. The number of rotatable bonds is 4. The fraction of sp³-hybridized carbons (Fsp3) is 0.0769. The van der Waals surface area contributed by atoms with Gasteiger partial charge in [0.2, 0.25) is 5.91 Å². The summed E-state index contributed by atoms with van der Waals surface area (Å²) in [5, 5.41) is 2.53. The van der Waals surface area contributed by atoms with Crippen LogP contribution < -0.4 is 5.32 Å². The van der Waals surface area contributed by atoms with Gasteiger partial charge in [0.1, 0.15) is 12.1 Å². The number of hydrogen-bond acceptors (Lipinski definition) is 4. The van der Waals surface area contributed by atoms with Gasteiger partial charge in [0.25, 0.3) is 0 Å². The Hall–Kier alpha value is -2.56. The summed E-state index contributed by atoms with van der Waals surface area (Å²) in [6, 6.07) is 10.3. The van der Waals surface area contributed by atoms with E-state index < -0.39 is 0 Å². The molecule has 0 aliphatic heterocycles. The SMILES string of the molecule is O=C(CC(=O)c1ccccc1)Nc1ccncn1. The van der Waals surface area contributed by atoms with Gasteiger partial charge >= 0.3 is 0 Å². The van der Waals surface area contributed by atoms with Gasteiger partial charge in [-0.3, -0.25) is 9.59 Å². The summed E-state index contributed by atoms with van der Waals surface area (Å²) in [5.74, 6) is -0.222. The number of carbonyl (C=O) groups excluding carboxylic acids is 2. The van der Waals surface area contributed by atoms with Crippen LogP contribution in [0.2, 0.25) is 0 Å². The molecule has 5 nitrogen and oxygen atoms in total. The lowest BCUT2D eigenvalue weighted by Gasteiger charge is -2.03. The van der Waals surface area contributed by atoms with Crippen LogP contribution >= 0.6 is 0 Å². The molecule has 0 radical (unpaired) electrons. The van der Waals surface area contributed by atoms with E-state index in [1.165, 1.54) is 12.5 Å². The van der Waals surface area contributed by atoms with E-state index in [4.69, 9.17) is 0 Å². The number of amides is 1. The van der Waals surface area contributed by atoms with Gasteiger partial charge in [-0.25, -0.2) is 9.97 Å². The minimum absolute atomic E-state index is 0.200. The van der Waals surface area contributed by atoms with E-state index in [-0.39, 0.29) is 18.1 Å². The summed E-state index contributed by atoms with van der Waals surface area (Å²) in [5.41, 5.74) is 0.523. The number of Topliss-reactive ketones (excluding diaryl/α,β-unsaturated/α-hetero) is 1. The largest absolute Gasteiger partial charge is 0.310 e. The first-order valence-corrected chi connectivity index (χ1v) is 5.40. The summed E-state index contributed by atoms with van der Waals surface area (Å²) in [7, 11) is 0. The van der Waals surface area contributed by atoms with Crippen LogP contribution in [0.3, 0.4) is 0 Å². The molecule has 1 heterocycles. The molecule has 1 aromatic carbocycles. The molecule has 0 saturated carbocycles. The Bertz CT molecular complexity index is 541. The number of carbonyl (C=O) groups is 2. The van der Waals surface area contributed by atoms with Gasteiger partial charge in [-0.15, -0.1) is 0 Å². The van der Waals surface area contributed by atoms with Crippen molar-refractivity contribution < 1.29 is 9.59 Å². The van der Waals surface area contributed by atoms with Gasteiger partial charge in [-0.05, 0) is 6.07 Å². The molecule has 0 atom stereocenters. The fourth-order valence-corrected chi connectivity index (χ4v) is 1.42. The lowest BCUT2D eigenvalue weighted by Crippen LogP contribution is -2.17. The summed E-state index contributed by atoms with van der Waals surface area (Å²) < 4.78 is 0. The number of anilines is 1. The Kier molecular flexibility index (Phi) is 3.76. The van der Waals surface area contributed by atoms with Crippen molar-refractivity contribution in [1.29, 1.82) is 0 Å². The molecule has 2 aromatic rings. The second-order valence-electron chi connectivity index (χ2n) is 3.61. The minimum Gasteiger partial charge on any atom is -0.310 e. The standard InChI is InChI=1S/C13H11N3O2/c17-11(10-4-2-1-3-5-10)8-13(18)16-12-6-7-14-9-15-12/h1-7,9H,8H2,(H,14,15,16,18). The number of ketones is 1. The second kappa shape index (κ2) is 5.67. The zero-order valence-electron chi connectivity index (χ0n) is 9.54. The second-order valence-corrected chi connectivity index (χ2v) is 3.61. The third kappa shape index (κ3) is 3.21. The van der Waals surface area contributed by atoms with Crippen molar-refractivity contribution in [3.63, 3.8) is 0 Å². The van der Waals surface area contributed by atoms with Crippen molar-refractivity contribution >= 4 is 17.5 Å². The molecule has 90 valence electrons. The number of hydrogen-bond donors (Lipinski definition) is 1. The van der Waals surface area contributed by atoms with Crippen LogP contribution in [0.1, 0.15) is 16.8 Å². The maximum atomic E-state index is 11.8. The zero-order valence-corrected chi connectivity index (χ0v) is 9.54. The maximum absolute atomic E-state index is 11.8. The fourth-order valence-electron chi connectivity index (χ4n) is 1.42. The van der Waals surface area contributed by atoms with Gasteiger partial charge in [-0.2, -0.15) is 0 Å². The lowest BCUT2D eigenvalue weighted by atomic mass is 10.1. The highest BCUT2D eigenvalue weighted by atomic mass is 16.2. The van der Waals surface area contributed by atoms with Gasteiger partial charge in [0, 0.05) is 11.8 Å².